The molecule has 24 heavy (non-hydrogen) atoms. The van der Waals surface area contributed by atoms with Gasteiger partial charge in [-0.05, 0) is 44.0 Å². The van der Waals surface area contributed by atoms with Gasteiger partial charge in [-0.25, -0.2) is 0 Å². The van der Waals surface area contributed by atoms with Gasteiger partial charge in [-0.2, -0.15) is 0 Å². The minimum Gasteiger partial charge on any atom is -0.455 e. The normalized spacial score (nSPS) is 10.3. The molecule has 0 aromatic heterocycles. The first-order valence-corrected chi connectivity index (χ1v) is 8.65. The molecular formula is C19H21NO3S. The highest BCUT2D eigenvalue weighted by Crippen LogP contribution is 2.22. The van der Waals surface area contributed by atoms with Crippen molar-refractivity contribution in [3.63, 3.8) is 0 Å². The quantitative estimate of drug-likeness (QED) is 0.639. The summed E-state index contributed by atoms with van der Waals surface area (Å²) < 4.78 is 5.03. The summed E-state index contributed by atoms with van der Waals surface area (Å²) in [6.45, 7) is 5.62. The molecule has 0 bridgehead atoms. The van der Waals surface area contributed by atoms with Gasteiger partial charge in [0.15, 0.2) is 6.61 Å². The number of hydrogen-bond acceptors (Lipinski definition) is 4. The van der Waals surface area contributed by atoms with Crippen molar-refractivity contribution in [3.05, 3.63) is 59.2 Å². The lowest BCUT2D eigenvalue weighted by molar-refractivity contribution is -0.144. The molecule has 0 aliphatic rings. The first-order valence-electron chi connectivity index (χ1n) is 7.67. The standard InChI is InChI=1S/C19H21NO3S/c1-13-9-14(2)19(15(3)10-13)20-17(21)11-23-18(22)12-24-16-7-5-4-6-8-16/h4-10H,11-12H2,1-3H3,(H,20,21). The van der Waals surface area contributed by atoms with Crippen LogP contribution in [-0.2, 0) is 14.3 Å². The second kappa shape index (κ2) is 8.55. The third-order valence-electron chi connectivity index (χ3n) is 3.41. The zero-order valence-corrected chi connectivity index (χ0v) is 14.9. The van der Waals surface area contributed by atoms with E-state index in [0.29, 0.717) is 0 Å². The number of carbonyl (C=O) groups is 2. The van der Waals surface area contributed by atoms with Crippen LogP contribution in [0.2, 0.25) is 0 Å². The molecule has 2 aromatic carbocycles. The van der Waals surface area contributed by atoms with Gasteiger partial charge in [0.2, 0.25) is 0 Å². The predicted molar refractivity (Wildman–Crippen MR) is 97.4 cm³/mol. The number of esters is 1. The number of carbonyl (C=O) groups excluding carboxylic acids is 2. The van der Waals surface area contributed by atoms with Crippen molar-refractivity contribution in [2.45, 2.75) is 25.7 Å². The van der Waals surface area contributed by atoms with Crippen LogP contribution < -0.4 is 5.32 Å². The average molecular weight is 343 g/mol. The van der Waals surface area contributed by atoms with Gasteiger partial charge in [-0.15, -0.1) is 11.8 Å². The molecule has 2 rings (SSSR count). The number of anilines is 1. The SMILES string of the molecule is Cc1cc(C)c(NC(=O)COC(=O)CSc2ccccc2)c(C)c1. The van der Waals surface area contributed by atoms with E-state index in [1.807, 2.05) is 63.2 Å². The zero-order valence-electron chi connectivity index (χ0n) is 14.1. The summed E-state index contributed by atoms with van der Waals surface area (Å²) in [5, 5.41) is 2.81. The summed E-state index contributed by atoms with van der Waals surface area (Å²) in [6.07, 6.45) is 0. The predicted octanol–water partition coefficient (Wildman–Crippen LogP) is 3.89. The number of ether oxygens (including phenoxy) is 1. The van der Waals surface area contributed by atoms with Crippen molar-refractivity contribution in [1.29, 1.82) is 0 Å². The number of amides is 1. The summed E-state index contributed by atoms with van der Waals surface area (Å²) in [6, 6.07) is 13.6. The molecule has 0 heterocycles. The molecule has 1 N–H and O–H groups in total. The van der Waals surface area contributed by atoms with Crippen LogP contribution >= 0.6 is 11.8 Å². The monoisotopic (exact) mass is 343 g/mol. The van der Waals surface area contributed by atoms with E-state index in [1.54, 1.807) is 0 Å². The smallest absolute Gasteiger partial charge is 0.316 e. The first-order chi connectivity index (χ1) is 11.5. The molecule has 0 radical (unpaired) electrons. The fourth-order valence-electron chi connectivity index (χ4n) is 2.40. The summed E-state index contributed by atoms with van der Waals surface area (Å²) in [5.41, 5.74) is 3.91. The van der Waals surface area contributed by atoms with Crippen LogP contribution in [0.15, 0.2) is 47.4 Å². The topological polar surface area (TPSA) is 55.4 Å². The highest BCUT2D eigenvalue weighted by Gasteiger charge is 2.11. The lowest BCUT2D eigenvalue weighted by atomic mass is 10.1. The number of aryl methyl sites for hydroxylation is 3. The third kappa shape index (κ3) is 5.42. The molecule has 0 fully saturated rings. The van der Waals surface area contributed by atoms with E-state index in [4.69, 9.17) is 4.74 Å². The molecule has 0 saturated heterocycles. The van der Waals surface area contributed by atoms with Crippen molar-refractivity contribution in [1.82, 2.24) is 0 Å². The second-order valence-electron chi connectivity index (χ2n) is 5.58. The van der Waals surface area contributed by atoms with Crippen molar-refractivity contribution >= 4 is 29.3 Å². The zero-order chi connectivity index (χ0) is 17.5. The Labute approximate surface area is 146 Å². The molecule has 0 unspecified atom stereocenters. The lowest BCUT2D eigenvalue weighted by Gasteiger charge is -2.13. The van der Waals surface area contributed by atoms with Gasteiger partial charge in [0.05, 0.1) is 5.75 Å². The molecule has 0 saturated carbocycles. The summed E-state index contributed by atoms with van der Waals surface area (Å²) >= 11 is 1.38. The Morgan fingerprint density at radius 2 is 1.67 bits per heavy atom. The highest BCUT2D eigenvalue weighted by molar-refractivity contribution is 8.00. The van der Waals surface area contributed by atoms with E-state index in [0.717, 1.165) is 27.3 Å². The maximum atomic E-state index is 12.0. The number of rotatable bonds is 6. The fourth-order valence-corrected chi connectivity index (χ4v) is 3.12. The Bertz CT molecular complexity index is 706. The van der Waals surface area contributed by atoms with Crippen LogP contribution in [0.4, 0.5) is 5.69 Å². The first kappa shape index (κ1) is 18.1. The minimum atomic E-state index is -0.406. The summed E-state index contributed by atoms with van der Waals surface area (Å²) in [7, 11) is 0. The molecule has 0 spiro atoms. The molecule has 0 aliphatic heterocycles. The maximum Gasteiger partial charge on any atom is 0.316 e. The van der Waals surface area contributed by atoms with Crippen LogP contribution in [0.3, 0.4) is 0 Å². The lowest BCUT2D eigenvalue weighted by Crippen LogP contribution is -2.22. The van der Waals surface area contributed by atoms with Gasteiger partial charge in [-0.3, -0.25) is 9.59 Å². The molecular weight excluding hydrogens is 322 g/mol. The van der Waals surface area contributed by atoms with Gasteiger partial charge < -0.3 is 10.1 Å². The Morgan fingerprint density at radius 3 is 2.29 bits per heavy atom. The van der Waals surface area contributed by atoms with E-state index < -0.39 is 5.97 Å². The van der Waals surface area contributed by atoms with Crippen LogP contribution in [0, 0.1) is 20.8 Å². The number of nitrogens with one attached hydrogen (secondary N) is 1. The Balaban J connectivity index is 1.80. The van der Waals surface area contributed by atoms with Crippen LogP contribution in [-0.4, -0.2) is 24.2 Å². The van der Waals surface area contributed by atoms with Gasteiger partial charge in [0.1, 0.15) is 0 Å². The summed E-state index contributed by atoms with van der Waals surface area (Å²) in [4.78, 5) is 24.7. The maximum absolute atomic E-state index is 12.0. The number of benzene rings is 2. The molecule has 126 valence electrons. The third-order valence-corrected chi connectivity index (χ3v) is 4.39. The Morgan fingerprint density at radius 1 is 1.04 bits per heavy atom. The summed E-state index contributed by atoms with van der Waals surface area (Å²) in [5.74, 6) is -0.556. The molecule has 4 nitrogen and oxygen atoms in total. The molecule has 5 heteroatoms. The van der Waals surface area contributed by atoms with E-state index >= 15 is 0 Å². The fraction of sp³-hybridized carbons (Fsp3) is 0.263. The van der Waals surface area contributed by atoms with Gasteiger partial charge >= 0.3 is 5.97 Å². The number of thioether (sulfide) groups is 1. The Kier molecular flexibility index (Phi) is 6.44. The largest absolute Gasteiger partial charge is 0.455 e. The second-order valence-corrected chi connectivity index (χ2v) is 6.63. The van der Waals surface area contributed by atoms with Gasteiger partial charge in [0.25, 0.3) is 5.91 Å². The Hall–Kier alpha value is -2.27. The number of hydrogen-bond donors (Lipinski definition) is 1. The van der Waals surface area contributed by atoms with Crippen molar-refractivity contribution in [3.8, 4) is 0 Å². The van der Waals surface area contributed by atoms with Crippen molar-refractivity contribution in [2.24, 2.45) is 0 Å². The van der Waals surface area contributed by atoms with Crippen LogP contribution in [0.1, 0.15) is 16.7 Å². The van der Waals surface area contributed by atoms with E-state index in [2.05, 4.69) is 5.32 Å². The van der Waals surface area contributed by atoms with Crippen LogP contribution in [0.5, 0.6) is 0 Å². The molecule has 2 aromatic rings. The molecule has 1 amide bonds. The molecule has 0 aliphatic carbocycles. The van der Waals surface area contributed by atoms with Crippen molar-refractivity contribution < 1.29 is 14.3 Å². The van der Waals surface area contributed by atoms with Gasteiger partial charge in [-0.1, -0.05) is 35.9 Å². The average Bonchev–Trinajstić information content (AvgIpc) is 2.55. The minimum absolute atomic E-state index is 0.180. The van der Waals surface area contributed by atoms with E-state index in [9.17, 15) is 9.59 Å². The van der Waals surface area contributed by atoms with Crippen LogP contribution in [0.25, 0.3) is 0 Å². The van der Waals surface area contributed by atoms with E-state index in [-0.39, 0.29) is 18.3 Å². The van der Waals surface area contributed by atoms with Crippen molar-refractivity contribution in [2.75, 3.05) is 17.7 Å². The molecule has 0 atom stereocenters. The highest BCUT2D eigenvalue weighted by atomic mass is 32.2. The van der Waals surface area contributed by atoms with E-state index in [1.165, 1.54) is 11.8 Å². The van der Waals surface area contributed by atoms with Gasteiger partial charge in [0, 0.05) is 10.6 Å².